The third kappa shape index (κ3) is 3.35. The molecular formula is C16H18N2O2. The summed E-state index contributed by atoms with van der Waals surface area (Å²) < 4.78 is 0. The van der Waals surface area contributed by atoms with Gasteiger partial charge in [0.05, 0.1) is 5.56 Å². The van der Waals surface area contributed by atoms with Crippen molar-refractivity contribution in [1.29, 1.82) is 0 Å². The molecular weight excluding hydrogens is 252 g/mol. The second-order valence-electron chi connectivity index (χ2n) is 4.95. The number of carbonyl (C=O) groups excluding carboxylic acids is 1. The lowest BCUT2D eigenvalue weighted by Crippen LogP contribution is -2.36. The molecule has 2 rings (SSSR count). The Labute approximate surface area is 118 Å². The molecule has 1 heterocycles. The number of pyridine rings is 1. The van der Waals surface area contributed by atoms with E-state index in [1.165, 1.54) is 12.3 Å². The van der Waals surface area contributed by atoms with Crippen LogP contribution in [0.5, 0.6) is 0 Å². The first kappa shape index (κ1) is 14.1. The molecule has 0 aliphatic heterocycles. The number of carbonyl (C=O) groups is 1. The lowest BCUT2D eigenvalue weighted by molar-refractivity contribution is 0.0690. The molecule has 0 saturated carbocycles. The number of amides is 1. The van der Waals surface area contributed by atoms with Crippen molar-refractivity contribution in [2.75, 3.05) is 0 Å². The molecule has 1 N–H and O–H groups in total. The molecule has 1 aromatic carbocycles. The lowest BCUT2D eigenvalue weighted by Gasteiger charge is -2.27. The molecule has 0 spiro atoms. The molecule has 0 bridgehead atoms. The summed E-state index contributed by atoms with van der Waals surface area (Å²) in [4.78, 5) is 27.9. The summed E-state index contributed by atoms with van der Waals surface area (Å²) in [5.74, 6) is -0.0832. The fraction of sp³-hybridized carbons (Fsp3) is 0.250. The van der Waals surface area contributed by atoms with Crippen molar-refractivity contribution in [3.63, 3.8) is 0 Å². The Kier molecular flexibility index (Phi) is 4.35. The van der Waals surface area contributed by atoms with Crippen LogP contribution in [0.2, 0.25) is 0 Å². The lowest BCUT2D eigenvalue weighted by atomic mass is 10.1. The van der Waals surface area contributed by atoms with Crippen LogP contribution in [0.25, 0.3) is 0 Å². The largest absolute Gasteiger partial charge is 0.332 e. The van der Waals surface area contributed by atoms with Crippen LogP contribution in [0.3, 0.4) is 0 Å². The maximum absolute atomic E-state index is 12.5. The van der Waals surface area contributed by atoms with Gasteiger partial charge in [0.1, 0.15) is 0 Å². The number of benzene rings is 1. The summed E-state index contributed by atoms with van der Waals surface area (Å²) in [5.41, 5.74) is 1.37. The third-order valence-electron chi connectivity index (χ3n) is 3.11. The molecule has 2 aromatic rings. The summed E-state index contributed by atoms with van der Waals surface area (Å²) in [6.07, 6.45) is 1.46. The average Bonchev–Trinajstić information content (AvgIpc) is 2.45. The van der Waals surface area contributed by atoms with Crippen molar-refractivity contribution in [3.8, 4) is 0 Å². The van der Waals surface area contributed by atoms with Crippen molar-refractivity contribution in [2.45, 2.75) is 26.4 Å². The molecule has 4 heteroatoms. The average molecular weight is 270 g/mol. The van der Waals surface area contributed by atoms with Gasteiger partial charge in [0.2, 0.25) is 5.56 Å². The summed E-state index contributed by atoms with van der Waals surface area (Å²) >= 11 is 0. The molecule has 1 aromatic heterocycles. The van der Waals surface area contributed by atoms with Gasteiger partial charge in [-0.05, 0) is 25.5 Å². The SMILES string of the molecule is CC(C)N(Cc1ccccc1)C(=O)c1ccc(=O)[nH]c1. The molecule has 0 radical (unpaired) electrons. The minimum absolute atomic E-state index is 0.0784. The topological polar surface area (TPSA) is 53.2 Å². The van der Waals surface area contributed by atoms with Gasteiger partial charge >= 0.3 is 0 Å². The van der Waals surface area contributed by atoms with Crippen LogP contribution < -0.4 is 5.56 Å². The van der Waals surface area contributed by atoms with Gasteiger partial charge in [-0.25, -0.2) is 0 Å². The highest BCUT2D eigenvalue weighted by Gasteiger charge is 2.19. The van der Waals surface area contributed by atoms with Gasteiger partial charge in [-0.3, -0.25) is 9.59 Å². The van der Waals surface area contributed by atoms with Gasteiger partial charge in [-0.15, -0.1) is 0 Å². The van der Waals surface area contributed by atoms with Crippen molar-refractivity contribution in [2.24, 2.45) is 0 Å². The maximum atomic E-state index is 12.5. The van der Waals surface area contributed by atoms with Gasteiger partial charge in [0.25, 0.3) is 5.91 Å². The summed E-state index contributed by atoms with van der Waals surface area (Å²) in [6.45, 7) is 4.51. The molecule has 104 valence electrons. The van der Waals surface area contributed by atoms with Gasteiger partial charge in [-0.1, -0.05) is 30.3 Å². The van der Waals surface area contributed by atoms with E-state index in [4.69, 9.17) is 0 Å². The first-order valence-corrected chi connectivity index (χ1v) is 6.61. The maximum Gasteiger partial charge on any atom is 0.255 e. The van der Waals surface area contributed by atoms with Crippen molar-refractivity contribution in [3.05, 3.63) is 70.1 Å². The quantitative estimate of drug-likeness (QED) is 0.927. The Morgan fingerprint density at radius 3 is 2.40 bits per heavy atom. The van der Waals surface area contributed by atoms with E-state index < -0.39 is 0 Å². The molecule has 1 amide bonds. The molecule has 0 aliphatic rings. The fourth-order valence-corrected chi connectivity index (χ4v) is 1.98. The van der Waals surface area contributed by atoms with Crippen LogP contribution in [0.15, 0.2) is 53.5 Å². The Morgan fingerprint density at radius 1 is 1.15 bits per heavy atom. The van der Waals surface area contributed by atoms with Crippen LogP contribution in [0, 0.1) is 0 Å². The molecule has 0 saturated heterocycles. The normalized spacial score (nSPS) is 10.6. The zero-order valence-corrected chi connectivity index (χ0v) is 11.7. The number of aromatic nitrogens is 1. The summed E-state index contributed by atoms with van der Waals surface area (Å²) in [7, 11) is 0. The monoisotopic (exact) mass is 270 g/mol. The minimum Gasteiger partial charge on any atom is -0.332 e. The van der Waals surface area contributed by atoms with E-state index in [2.05, 4.69) is 4.98 Å². The second kappa shape index (κ2) is 6.19. The van der Waals surface area contributed by atoms with E-state index in [1.54, 1.807) is 11.0 Å². The van der Waals surface area contributed by atoms with Crippen LogP contribution in [0.1, 0.15) is 29.8 Å². The number of hydrogen-bond acceptors (Lipinski definition) is 2. The smallest absolute Gasteiger partial charge is 0.255 e. The number of H-pyrrole nitrogens is 1. The molecule has 4 nitrogen and oxygen atoms in total. The van der Waals surface area contributed by atoms with E-state index in [0.717, 1.165) is 5.56 Å². The van der Waals surface area contributed by atoms with E-state index >= 15 is 0 Å². The molecule has 0 atom stereocenters. The fourth-order valence-electron chi connectivity index (χ4n) is 1.98. The van der Waals surface area contributed by atoms with E-state index in [-0.39, 0.29) is 17.5 Å². The highest BCUT2D eigenvalue weighted by molar-refractivity contribution is 5.94. The Balaban J connectivity index is 2.22. The number of hydrogen-bond donors (Lipinski definition) is 1. The molecule has 0 unspecified atom stereocenters. The van der Waals surface area contributed by atoms with Crippen LogP contribution >= 0.6 is 0 Å². The van der Waals surface area contributed by atoms with Gasteiger partial charge < -0.3 is 9.88 Å². The first-order chi connectivity index (χ1) is 9.58. The minimum atomic E-state index is -0.208. The number of aromatic amines is 1. The molecule has 20 heavy (non-hydrogen) atoms. The first-order valence-electron chi connectivity index (χ1n) is 6.61. The Morgan fingerprint density at radius 2 is 1.85 bits per heavy atom. The van der Waals surface area contributed by atoms with Crippen molar-refractivity contribution >= 4 is 5.91 Å². The Hall–Kier alpha value is -2.36. The van der Waals surface area contributed by atoms with Gasteiger partial charge in [-0.2, -0.15) is 0 Å². The highest BCUT2D eigenvalue weighted by atomic mass is 16.2. The Bertz CT molecular complexity index is 612. The van der Waals surface area contributed by atoms with Gasteiger partial charge in [0, 0.05) is 24.8 Å². The predicted molar refractivity (Wildman–Crippen MR) is 78.5 cm³/mol. The molecule has 0 fully saturated rings. The summed E-state index contributed by atoms with van der Waals surface area (Å²) in [6, 6.07) is 12.9. The van der Waals surface area contributed by atoms with Gasteiger partial charge in [0.15, 0.2) is 0 Å². The second-order valence-corrected chi connectivity index (χ2v) is 4.95. The predicted octanol–water partition coefficient (Wildman–Crippen LogP) is 2.43. The van der Waals surface area contributed by atoms with E-state index in [1.807, 2.05) is 44.2 Å². The zero-order valence-electron chi connectivity index (χ0n) is 11.7. The molecule has 0 aliphatic carbocycles. The van der Waals surface area contributed by atoms with E-state index in [0.29, 0.717) is 12.1 Å². The van der Waals surface area contributed by atoms with Crippen LogP contribution in [-0.4, -0.2) is 21.8 Å². The van der Waals surface area contributed by atoms with Crippen molar-refractivity contribution in [1.82, 2.24) is 9.88 Å². The third-order valence-corrected chi connectivity index (χ3v) is 3.11. The standard InChI is InChI=1S/C16H18N2O2/c1-12(2)18(11-13-6-4-3-5-7-13)16(20)14-8-9-15(19)17-10-14/h3-10,12H,11H2,1-2H3,(H,17,19). The van der Waals surface area contributed by atoms with Crippen LogP contribution in [-0.2, 0) is 6.54 Å². The van der Waals surface area contributed by atoms with Crippen LogP contribution in [0.4, 0.5) is 0 Å². The summed E-state index contributed by atoms with van der Waals surface area (Å²) in [5, 5.41) is 0. The highest BCUT2D eigenvalue weighted by Crippen LogP contribution is 2.12. The number of nitrogens with one attached hydrogen (secondary N) is 1. The number of nitrogens with zero attached hydrogens (tertiary/aromatic N) is 1. The van der Waals surface area contributed by atoms with E-state index in [9.17, 15) is 9.59 Å². The van der Waals surface area contributed by atoms with Crippen molar-refractivity contribution < 1.29 is 4.79 Å². The number of rotatable bonds is 4. The zero-order chi connectivity index (χ0) is 14.5.